The van der Waals surface area contributed by atoms with Crippen molar-refractivity contribution in [3.8, 4) is 0 Å². The van der Waals surface area contributed by atoms with E-state index in [0.717, 1.165) is 6.54 Å². The molecule has 0 bridgehead atoms. The van der Waals surface area contributed by atoms with Crippen LogP contribution in [0.4, 0.5) is 0 Å². The summed E-state index contributed by atoms with van der Waals surface area (Å²) < 4.78 is 4.82. The van der Waals surface area contributed by atoms with Crippen LogP contribution in [0.25, 0.3) is 0 Å². The Kier molecular flexibility index (Phi) is 4.08. The highest BCUT2D eigenvalue weighted by Gasteiger charge is 2.22. The van der Waals surface area contributed by atoms with Gasteiger partial charge in [0.2, 0.25) is 0 Å². The maximum Gasteiger partial charge on any atom is 0.307 e. The van der Waals surface area contributed by atoms with Crippen LogP contribution in [0.2, 0.25) is 0 Å². The Balaban J connectivity index is 1.97. The van der Waals surface area contributed by atoms with Gasteiger partial charge in [-0.05, 0) is 13.0 Å². The van der Waals surface area contributed by atoms with Gasteiger partial charge in [0.1, 0.15) is 6.61 Å². The highest BCUT2D eigenvalue weighted by molar-refractivity contribution is 5.72. The van der Waals surface area contributed by atoms with E-state index >= 15 is 0 Å². The summed E-state index contributed by atoms with van der Waals surface area (Å²) in [6.45, 7) is 3.75. The number of nitrogens with one attached hydrogen (secondary N) is 1. The molecule has 1 unspecified atom stereocenters. The van der Waals surface area contributed by atoms with Crippen molar-refractivity contribution in [1.29, 1.82) is 0 Å². The second kappa shape index (κ2) is 5.14. The molecule has 3 nitrogen and oxygen atoms in total. The minimum absolute atomic E-state index is 0.0667. The van der Waals surface area contributed by atoms with E-state index in [1.54, 1.807) is 0 Å². The zero-order valence-electron chi connectivity index (χ0n) is 7.64. The van der Waals surface area contributed by atoms with Gasteiger partial charge in [-0.2, -0.15) is 0 Å². The number of rotatable bonds is 5. The summed E-state index contributed by atoms with van der Waals surface area (Å²) >= 11 is 0. The molecule has 0 spiro atoms. The molecule has 0 aromatic rings. The molecule has 0 radical (unpaired) electrons. The van der Waals surface area contributed by atoms with Gasteiger partial charge in [0, 0.05) is 0 Å². The predicted octanol–water partition coefficient (Wildman–Crippen LogP) is 1.08. The van der Waals surface area contributed by atoms with Crippen LogP contribution in [0.5, 0.6) is 0 Å². The Morgan fingerprint density at radius 1 is 1.58 bits per heavy atom. The summed E-state index contributed by atoms with van der Waals surface area (Å²) in [6.07, 6.45) is 4.24. The number of ether oxygens (including phenoxy) is 1. The van der Waals surface area contributed by atoms with Crippen molar-refractivity contribution in [2.24, 2.45) is 0 Å². The van der Waals surface area contributed by atoms with E-state index in [0.29, 0.717) is 13.0 Å². The van der Waals surface area contributed by atoms with Gasteiger partial charge in [-0.3, -0.25) is 4.79 Å². The van der Waals surface area contributed by atoms with Crippen molar-refractivity contribution < 1.29 is 9.53 Å². The number of hydrogen-bond acceptors (Lipinski definition) is 3. The SMILES string of the molecule is CCCCCNC1COC(=O)C1. The Labute approximate surface area is 73.5 Å². The molecule has 70 valence electrons. The molecule has 1 N–H and O–H groups in total. The van der Waals surface area contributed by atoms with Gasteiger partial charge in [-0.1, -0.05) is 19.8 Å². The van der Waals surface area contributed by atoms with Crippen LogP contribution in [-0.2, 0) is 9.53 Å². The largest absolute Gasteiger partial charge is 0.464 e. The van der Waals surface area contributed by atoms with Gasteiger partial charge >= 0.3 is 5.97 Å². The lowest BCUT2D eigenvalue weighted by molar-refractivity contribution is -0.137. The van der Waals surface area contributed by atoms with E-state index < -0.39 is 0 Å². The fourth-order valence-electron chi connectivity index (χ4n) is 1.32. The third-order valence-corrected chi connectivity index (χ3v) is 2.07. The molecule has 12 heavy (non-hydrogen) atoms. The number of carbonyl (C=O) groups is 1. The number of hydrogen-bond donors (Lipinski definition) is 1. The van der Waals surface area contributed by atoms with E-state index in [1.165, 1.54) is 19.3 Å². The number of esters is 1. The quantitative estimate of drug-likeness (QED) is 0.497. The average Bonchev–Trinajstić information content (AvgIpc) is 2.45. The number of carbonyl (C=O) groups excluding carboxylic acids is 1. The van der Waals surface area contributed by atoms with Crippen molar-refractivity contribution >= 4 is 5.97 Å². The van der Waals surface area contributed by atoms with Gasteiger partial charge in [0.05, 0.1) is 12.5 Å². The molecule has 0 aromatic carbocycles. The first-order chi connectivity index (χ1) is 5.83. The third-order valence-electron chi connectivity index (χ3n) is 2.07. The lowest BCUT2D eigenvalue weighted by atomic mass is 10.2. The van der Waals surface area contributed by atoms with Crippen LogP contribution >= 0.6 is 0 Å². The summed E-state index contributed by atoms with van der Waals surface area (Å²) in [4.78, 5) is 10.7. The predicted molar refractivity (Wildman–Crippen MR) is 46.9 cm³/mol. The topological polar surface area (TPSA) is 38.3 Å². The normalized spacial score (nSPS) is 22.8. The van der Waals surface area contributed by atoms with Crippen molar-refractivity contribution in [2.45, 2.75) is 38.6 Å². The van der Waals surface area contributed by atoms with Crippen LogP contribution < -0.4 is 5.32 Å². The molecule has 1 aliphatic heterocycles. The molecule has 0 saturated carbocycles. The molecule has 0 aromatic heterocycles. The van der Waals surface area contributed by atoms with Crippen molar-refractivity contribution in [3.63, 3.8) is 0 Å². The van der Waals surface area contributed by atoms with E-state index in [2.05, 4.69) is 12.2 Å². The van der Waals surface area contributed by atoms with Crippen LogP contribution in [0.3, 0.4) is 0 Å². The van der Waals surface area contributed by atoms with Crippen LogP contribution in [0.1, 0.15) is 32.6 Å². The Morgan fingerprint density at radius 3 is 3.00 bits per heavy atom. The summed E-state index contributed by atoms with van der Waals surface area (Å²) in [6, 6.07) is 0.273. The van der Waals surface area contributed by atoms with Crippen molar-refractivity contribution in [2.75, 3.05) is 13.2 Å². The van der Waals surface area contributed by atoms with E-state index in [-0.39, 0.29) is 12.0 Å². The average molecular weight is 171 g/mol. The molecule has 1 rings (SSSR count). The minimum atomic E-state index is -0.0667. The first kappa shape index (κ1) is 9.52. The van der Waals surface area contributed by atoms with Crippen LogP contribution in [-0.4, -0.2) is 25.2 Å². The number of cyclic esters (lactones) is 1. The highest BCUT2D eigenvalue weighted by atomic mass is 16.5. The molecular formula is C9H17NO2. The lowest BCUT2D eigenvalue weighted by Gasteiger charge is -2.07. The number of unbranched alkanes of at least 4 members (excludes halogenated alkanes) is 2. The van der Waals surface area contributed by atoms with Crippen LogP contribution in [0.15, 0.2) is 0 Å². The van der Waals surface area contributed by atoms with E-state index in [9.17, 15) is 4.79 Å². The molecule has 0 amide bonds. The molecule has 1 saturated heterocycles. The first-order valence-corrected chi connectivity index (χ1v) is 4.72. The summed E-state index contributed by atoms with van der Waals surface area (Å²) in [7, 11) is 0. The molecular weight excluding hydrogens is 154 g/mol. The maximum atomic E-state index is 10.7. The zero-order chi connectivity index (χ0) is 8.81. The molecule has 1 heterocycles. The Morgan fingerprint density at radius 2 is 2.42 bits per heavy atom. The van der Waals surface area contributed by atoms with E-state index in [4.69, 9.17) is 4.74 Å². The highest BCUT2D eigenvalue weighted by Crippen LogP contribution is 2.05. The minimum Gasteiger partial charge on any atom is -0.464 e. The molecule has 3 heteroatoms. The maximum absolute atomic E-state index is 10.7. The molecule has 0 aliphatic carbocycles. The van der Waals surface area contributed by atoms with Crippen LogP contribution in [0, 0.1) is 0 Å². The molecule has 1 atom stereocenters. The second-order valence-electron chi connectivity index (χ2n) is 3.25. The molecule has 1 fully saturated rings. The Bertz CT molecular complexity index is 147. The third kappa shape index (κ3) is 3.22. The van der Waals surface area contributed by atoms with Gasteiger partial charge in [0.25, 0.3) is 0 Å². The van der Waals surface area contributed by atoms with Crippen molar-refractivity contribution in [1.82, 2.24) is 5.32 Å². The first-order valence-electron chi connectivity index (χ1n) is 4.72. The van der Waals surface area contributed by atoms with Gasteiger partial charge < -0.3 is 10.1 Å². The second-order valence-corrected chi connectivity index (χ2v) is 3.25. The fraction of sp³-hybridized carbons (Fsp3) is 0.889. The van der Waals surface area contributed by atoms with Gasteiger partial charge in [-0.15, -0.1) is 0 Å². The van der Waals surface area contributed by atoms with Crippen molar-refractivity contribution in [3.05, 3.63) is 0 Å². The smallest absolute Gasteiger partial charge is 0.307 e. The summed E-state index contributed by atoms with van der Waals surface area (Å²) in [5.74, 6) is -0.0667. The van der Waals surface area contributed by atoms with Gasteiger partial charge in [0.15, 0.2) is 0 Å². The zero-order valence-corrected chi connectivity index (χ0v) is 7.64. The van der Waals surface area contributed by atoms with E-state index in [1.807, 2.05) is 0 Å². The Hall–Kier alpha value is -0.570. The van der Waals surface area contributed by atoms with Gasteiger partial charge in [-0.25, -0.2) is 0 Å². The standard InChI is InChI=1S/C9H17NO2/c1-2-3-4-5-10-8-6-9(11)12-7-8/h8,10H,2-7H2,1H3. The fourth-order valence-corrected chi connectivity index (χ4v) is 1.32. The summed E-state index contributed by atoms with van der Waals surface area (Å²) in [5, 5.41) is 3.30. The lowest BCUT2D eigenvalue weighted by Crippen LogP contribution is -2.30. The summed E-state index contributed by atoms with van der Waals surface area (Å²) in [5.41, 5.74) is 0. The molecule has 1 aliphatic rings. The monoisotopic (exact) mass is 171 g/mol.